The normalized spacial score (nSPS) is 27.3. The lowest BCUT2D eigenvalue weighted by Crippen LogP contribution is -2.53. The Kier molecular flexibility index (Phi) is 4.71. The maximum absolute atomic E-state index is 13.0. The number of ether oxygens (including phenoxy) is 1. The van der Waals surface area contributed by atoms with Gasteiger partial charge in [0.05, 0.1) is 13.2 Å². The third-order valence-corrected chi connectivity index (χ3v) is 6.91. The van der Waals surface area contributed by atoms with Gasteiger partial charge in [-0.15, -0.1) is 11.8 Å². The molecule has 2 fully saturated rings. The molecule has 0 radical (unpaired) electrons. The van der Waals surface area contributed by atoms with Crippen LogP contribution in [0.25, 0.3) is 0 Å². The summed E-state index contributed by atoms with van der Waals surface area (Å²) in [5.74, 6) is -0.0866. The Hall–Kier alpha value is -1.57. The first kappa shape index (κ1) is 17.8. The van der Waals surface area contributed by atoms with E-state index in [2.05, 4.69) is 24.1 Å². The van der Waals surface area contributed by atoms with Crippen LogP contribution < -0.4 is 5.32 Å². The fourth-order valence-electron chi connectivity index (χ4n) is 4.06. The average Bonchev–Trinajstić information content (AvgIpc) is 3.06. The van der Waals surface area contributed by atoms with Gasteiger partial charge < -0.3 is 15.0 Å². The molecule has 0 spiro atoms. The first-order valence-corrected chi connectivity index (χ1v) is 10.0. The largest absolute Gasteiger partial charge is 0.379 e. The molecule has 1 aromatic carbocycles. The molecule has 6 nitrogen and oxygen atoms in total. The van der Waals surface area contributed by atoms with E-state index in [1.165, 1.54) is 0 Å². The summed E-state index contributed by atoms with van der Waals surface area (Å²) in [5, 5.41) is 2.99. The van der Waals surface area contributed by atoms with Gasteiger partial charge in [-0.2, -0.15) is 0 Å². The third-order valence-electron chi connectivity index (χ3n) is 5.38. The highest BCUT2D eigenvalue weighted by Crippen LogP contribution is 2.56. The first-order chi connectivity index (χ1) is 12.5. The van der Waals surface area contributed by atoms with Gasteiger partial charge in [0.2, 0.25) is 5.91 Å². The Balaban J connectivity index is 1.45. The van der Waals surface area contributed by atoms with Crippen molar-refractivity contribution in [2.45, 2.75) is 30.0 Å². The molecule has 1 aromatic rings. The molecule has 140 valence electrons. The van der Waals surface area contributed by atoms with Crippen molar-refractivity contribution in [1.29, 1.82) is 0 Å². The zero-order valence-corrected chi connectivity index (χ0v) is 16.1. The molecule has 2 atom stereocenters. The maximum atomic E-state index is 13.0. The molecule has 3 heterocycles. The van der Waals surface area contributed by atoms with E-state index in [1.807, 2.05) is 24.3 Å². The van der Waals surface area contributed by atoms with Crippen molar-refractivity contribution in [2.75, 3.05) is 39.4 Å². The number of morpholine rings is 1. The molecule has 3 aliphatic rings. The fraction of sp³-hybridized carbons (Fsp3) is 0.579. The Morgan fingerprint density at radius 3 is 2.81 bits per heavy atom. The molecule has 26 heavy (non-hydrogen) atoms. The van der Waals surface area contributed by atoms with Crippen molar-refractivity contribution in [1.82, 2.24) is 15.1 Å². The van der Waals surface area contributed by atoms with Gasteiger partial charge in [-0.25, -0.2) is 0 Å². The number of rotatable bonds is 4. The summed E-state index contributed by atoms with van der Waals surface area (Å²) in [6.45, 7) is 8.83. The predicted molar refractivity (Wildman–Crippen MR) is 101 cm³/mol. The van der Waals surface area contributed by atoms with Crippen LogP contribution in [0.1, 0.15) is 35.1 Å². The number of fused-ring (bicyclic) bond motifs is 3. The van der Waals surface area contributed by atoms with Crippen molar-refractivity contribution < 1.29 is 14.3 Å². The minimum atomic E-state index is -0.456. The number of nitrogens with zero attached hydrogens (tertiary/aromatic N) is 2. The molecule has 2 unspecified atom stereocenters. The van der Waals surface area contributed by atoms with Gasteiger partial charge in [-0.3, -0.25) is 14.5 Å². The number of carbonyl (C=O) groups is 2. The molecule has 4 rings (SSSR count). The second-order valence-electron chi connectivity index (χ2n) is 7.52. The van der Waals surface area contributed by atoms with Crippen molar-refractivity contribution >= 4 is 23.6 Å². The molecule has 0 saturated carbocycles. The minimum absolute atomic E-state index is 0.0306. The van der Waals surface area contributed by atoms with E-state index in [0.717, 1.165) is 44.0 Å². The summed E-state index contributed by atoms with van der Waals surface area (Å²) in [7, 11) is 0. The van der Waals surface area contributed by atoms with E-state index < -0.39 is 6.04 Å². The van der Waals surface area contributed by atoms with Crippen LogP contribution in [0.5, 0.6) is 0 Å². The Morgan fingerprint density at radius 1 is 1.31 bits per heavy atom. The van der Waals surface area contributed by atoms with Gasteiger partial charge >= 0.3 is 0 Å². The van der Waals surface area contributed by atoms with Gasteiger partial charge in [0.1, 0.15) is 11.4 Å². The highest BCUT2D eigenvalue weighted by molar-refractivity contribution is 8.01. The van der Waals surface area contributed by atoms with Crippen LogP contribution in [0, 0.1) is 0 Å². The smallest absolute Gasteiger partial charge is 0.256 e. The number of thioether (sulfide) groups is 1. The first-order valence-electron chi connectivity index (χ1n) is 9.16. The van der Waals surface area contributed by atoms with Crippen molar-refractivity contribution in [3.63, 3.8) is 0 Å². The van der Waals surface area contributed by atoms with E-state index in [1.54, 1.807) is 16.7 Å². The van der Waals surface area contributed by atoms with Crippen molar-refractivity contribution in [2.24, 2.45) is 0 Å². The van der Waals surface area contributed by atoms with Crippen LogP contribution in [0.2, 0.25) is 0 Å². The summed E-state index contributed by atoms with van der Waals surface area (Å²) in [6, 6.07) is 7.24. The van der Waals surface area contributed by atoms with E-state index in [9.17, 15) is 9.59 Å². The number of amides is 2. The molecule has 3 aliphatic heterocycles. The Labute approximate surface area is 158 Å². The molecule has 0 bridgehead atoms. The van der Waals surface area contributed by atoms with Crippen LogP contribution in [-0.2, 0) is 9.53 Å². The lowest BCUT2D eigenvalue weighted by molar-refractivity contribution is -0.126. The third kappa shape index (κ3) is 3.02. The van der Waals surface area contributed by atoms with E-state index in [4.69, 9.17) is 4.74 Å². The number of carbonyl (C=O) groups excluding carboxylic acids is 2. The van der Waals surface area contributed by atoms with Gasteiger partial charge in [0.15, 0.2) is 0 Å². The summed E-state index contributed by atoms with van der Waals surface area (Å²) in [4.78, 5) is 30.0. The SMILES string of the molecule is CC1(C)SC2c3ccccc3C(=O)N2C1C(=O)NCCN1CCOCC1. The number of hydrogen-bond acceptors (Lipinski definition) is 5. The molecule has 0 aromatic heterocycles. The summed E-state index contributed by atoms with van der Waals surface area (Å²) < 4.78 is 5.03. The molecule has 0 aliphatic carbocycles. The molecule has 7 heteroatoms. The van der Waals surface area contributed by atoms with Crippen molar-refractivity contribution in [3.05, 3.63) is 35.4 Å². The zero-order chi connectivity index (χ0) is 18.3. The molecule has 1 N–H and O–H groups in total. The van der Waals surface area contributed by atoms with Crippen LogP contribution >= 0.6 is 11.8 Å². The molecular weight excluding hydrogens is 350 g/mol. The van der Waals surface area contributed by atoms with E-state index in [0.29, 0.717) is 6.54 Å². The number of nitrogens with one attached hydrogen (secondary N) is 1. The lowest BCUT2D eigenvalue weighted by atomic mass is 10.0. The monoisotopic (exact) mass is 375 g/mol. The van der Waals surface area contributed by atoms with Crippen LogP contribution in [0.3, 0.4) is 0 Å². The van der Waals surface area contributed by atoms with E-state index >= 15 is 0 Å². The summed E-state index contributed by atoms with van der Waals surface area (Å²) in [6.07, 6.45) is 0. The van der Waals surface area contributed by atoms with Crippen molar-refractivity contribution in [3.8, 4) is 0 Å². The number of hydrogen-bond donors (Lipinski definition) is 1. The van der Waals surface area contributed by atoms with Crippen LogP contribution in [0.15, 0.2) is 24.3 Å². The second kappa shape index (κ2) is 6.87. The molecular formula is C19H25N3O3S. The second-order valence-corrected chi connectivity index (χ2v) is 9.26. The van der Waals surface area contributed by atoms with Gasteiger partial charge in [0.25, 0.3) is 5.91 Å². The summed E-state index contributed by atoms with van der Waals surface area (Å²) >= 11 is 1.70. The van der Waals surface area contributed by atoms with Gasteiger partial charge in [-0.1, -0.05) is 18.2 Å². The number of benzene rings is 1. The van der Waals surface area contributed by atoms with Gasteiger partial charge in [0, 0.05) is 36.5 Å². The highest BCUT2D eigenvalue weighted by Gasteiger charge is 2.57. The zero-order valence-electron chi connectivity index (χ0n) is 15.2. The minimum Gasteiger partial charge on any atom is -0.379 e. The maximum Gasteiger partial charge on any atom is 0.256 e. The molecule has 2 amide bonds. The quantitative estimate of drug-likeness (QED) is 0.864. The Bertz CT molecular complexity index is 718. The topological polar surface area (TPSA) is 61.9 Å². The fourth-order valence-corrected chi connectivity index (χ4v) is 5.65. The summed E-state index contributed by atoms with van der Waals surface area (Å²) in [5.41, 5.74) is 1.76. The predicted octanol–water partition coefficient (Wildman–Crippen LogP) is 1.48. The molecule has 2 saturated heterocycles. The van der Waals surface area contributed by atoms with Gasteiger partial charge in [-0.05, 0) is 25.5 Å². The lowest BCUT2D eigenvalue weighted by Gasteiger charge is -2.30. The van der Waals surface area contributed by atoms with Crippen LogP contribution in [-0.4, -0.2) is 71.8 Å². The van der Waals surface area contributed by atoms with E-state index in [-0.39, 0.29) is 21.9 Å². The standard InChI is InChI=1S/C19H25N3O3S/c1-19(2)15(16(23)20-7-8-21-9-11-25-12-10-21)22-17(24)13-5-3-4-6-14(13)18(22)26-19/h3-6,15,18H,7-12H2,1-2H3,(H,20,23). The average molecular weight is 375 g/mol. The highest BCUT2D eigenvalue weighted by atomic mass is 32.2. The Morgan fingerprint density at radius 2 is 2.04 bits per heavy atom. The van der Waals surface area contributed by atoms with Crippen LogP contribution in [0.4, 0.5) is 0 Å².